The minimum Gasteiger partial charge on any atom is -0.481 e. The number of hydrogen-bond acceptors (Lipinski definition) is 2. The van der Waals surface area contributed by atoms with Crippen molar-refractivity contribution in [2.24, 2.45) is 52.8 Å². The van der Waals surface area contributed by atoms with Crippen LogP contribution >= 0.6 is 0 Å². The largest absolute Gasteiger partial charge is 0.481 e. The van der Waals surface area contributed by atoms with Gasteiger partial charge in [0.05, 0.1) is 11.5 Å². The van der Waals surface area contributed by atoms with E-state index in [9.17, 15) is 15.0 Å². The molecule has 146 valence electrons. The molecule has 5 saturated carbocycles. The lowest BCUT2D eigenvalue weighted by Gasteiger charge is -2.57. The van der Waals surface area contributed by atoms with Crippen LogP contribution in [0.3, 0.4) is 0 Å². The minimum absolute atomic E-state index is 0.0605. The van der Waals surface area contributed by atoms with E-state index in [-0.39, 0.29) is 11.3 Å². The van der Waals surface area contributed by atoms with Crippen molar-refractivity contribution in [2.45, 2.75) is 83.7 Å². The fourth-order valence-electron chi connectivity index (χ4n) is 9.09. The standard InChI is InChI=1S/C23H36O3/c1-3-8-23(26)10-7-14-13(12-23)4-5-16-15(14)6-9-22(2)19(16)17-11-18(17)20(22)21(24)25/h13-20,26H,3-12H2,1-2H3,(H,24,25)/t13-,14+,15-,16-,17-,18+,19-,20-,22+,23-/m1/s1. The summed E-state index contributed by atoms with van der Waals surface area (Å²) in [5, 5.41) is 20.9. The van der Waals surface area contributed by atoms with Crippen LogP contribution in [0.1, 0.15) is 78.1 Å². The normalized spacial score (nSPS) is 57.5. The lowest BCUT2D eigenvalue weighted by Crippen LogP contribution is -2.52. The van der Waals surface area contributed by atoms with Gasteiger partial charge in [-0.05, 0) is 105 Å². The molecule has 0 aromatic rings. The summed E-state index contributed by atoms with van der Waals surface area (Å²) in [7, 11) is 0. The molecule has 0 spiro atoms. The van der Waals surface area contributed by atoms with Crippen LogP contribution in [-0.2, 0) is 4.79 Å². The Hall–Kier alpha value is -0.570. The Morgan fingerprint density at radius 3 is 2.50 bits per heavy atom. The van der Waals surface area contributed by atoms with E-state index in [0.717, 1.165) is 55.8 Å². The number of carbonyl (C=O) groups is 1. The van der Waals surface area contributed by atoms with Gasteiger partial charge in [0.1, 0.15) is 0 Å². The number of carboxylic acid groups (broad SMARTS) is 1. The van der Waals surface area contributed by atoms with Gasteiger partial charge in [-0.15, -0.1) is 0 Å². The zero-order chi connectivity index (χ0) is 18.3. The van der Waals surface area contributed by atoms with Gasteiger partial charge in [0, 0.05) is 0 Å². The molecule has 0 aromatic heterocycles. The predicted octanol–water partition coefficient (Wildman–Crippen LogP) is 4.73. The first-order chi connectivity index (χ1) is 12.4. The lowest BCUT2D eigenvalue weighted by molar-refractivity contribution is -0.154. The topological polar surface area (TPSA) is 57.5 Å². The van der Waals surface area contributed by atoms with E-state index in [1.807, 2.05) is 0 Å². The molecule has 0 saturated heterocycles. The third-order valence-electron chi connectivity index (χ3n) is 9.87. The molecule has 0 bridgehead atoms. The molecule has 0 amide bonds. The van der Waals surface area contributed by atoms with E-state index in [2.05, 4.69) is 13.8 Å². The molecular formula is C23H36O3. The molecule has 2 N–H and O–H groups in total. The van der Waals surface area contributed by atoms with Crippen molar-refractivity contribution in [2.75, 3.05) is 0 Å². The molecule has 5 fully saturated rings. The molecule has 5 rings (SSSR count). The Balaban J connectivity index is 1.37. The Bertz CT molecular complexity index is 602. The first-order valence-corrected chi connectivity index (χ1v) is 11.3. The number of aliphatic carboxylic acids is 1. The van der Waals surface area contributed by atoms with Crippen LogP contribution in [0.5, 0.6) is 0 Å². The number of hydrogen-bond donors (Lipinski definition) is 2. The molecule has 5 aliphatic rings. The Kier molecular flexibility index (Phi) is 3.85. The zero-order valence-corrected chi connectivity index (χ0v) is 16.5. The van der Waals surface area contributed by atoms with E-state index in [4.69, 9.17) is 0 Å². The van der Waals surface area contributed by atoms with Crippen molar-refractivity contribution >= 4 is 5.97 Å². The molecule has 0 aromatic carbocycles. The summed E-state index contributed by atoms with van der Waals surface area (Å²) >= 11 is 0. The van der Waals surface area contributed by atoms with Gasteiger partial charge in [0.15, 0.2) is 0 Å². The SMILES string of the molecule is CCC[C@@]1(O)CC[C@H]2[C@H](CC[C@@H]3[C@@H]2CC[C@@]2(C)[C@H]3[C@@H]3C[C@@H]3[C@@H]2C(=O)O)C1. The molecule has 3 heteroatoms. The summed E-state index contributed by atoms with van der Waals surface area (Å²) in [6.45, 7) is 4.51. The second-order valence-electron chi connectivity index (χ2n) is 11.0. The second kappa shape index (κ2) is 5.72. The summed E-state index contributed by atoms with van der Waals surface area (Å²) in [5.41, 5.74) is -0.333. The average molecular weight is 361 g/mol. The Labute approximate surface area is 157 Å². The fourth-order valence-corrected chi connectivity index (χ4v) is 9.09. The van der Waals surface area contributed by atoms with Gasteiger partial charge < -0.3 is 10.2 Å². The highest BCUT2D eigenvalue weighted by atomic mass is 16.4. The maximum atomic E-state index is 12.0. The smallest absolute Gasteiger partial charge is 0.307 e. The van der Waals surface area contributed by atoms with Crippen molar-refractivity contribution in [3.05, 3.63) is 0 Å². The van der Waals surface area contributed by atoms with Gasteiger partial charge in [0.2, 0.25) is 0 Å². The fraction of sp³-hybridized carbons (Fsp3) is 0.957. The highest BCUT2D eigenvalue weighted by Crippen LogP contribution is 2.74. The van der Waals surface area contributed by atoms with Gasteiger partial charge in [-0.1, -0.05) is 20.3 Å². The first kappa shape index (κ1) is 17.5. The summed E-state index contributed by atoms with van der Waals surface area (Å²) in [5.74, 6) is 4.39. The summed E-state index contributed by atoms with van der Waals surface area (Å²) < 4.78 is 0. The first-order valence-electron chi connectivity index (χ1n) is 11.3. The summed E-state index contributed by atoms with van der Waals surface area (Å²) in [4.78, 5) is 12.0. The van der Waals surface area contributed by atoms with Crippen molar-refractivity contribution in [1.82, 2.24) is 0 Å². The average Bonchev–Trinajstić information content (AvgIpc) is 3.27. The van der Waals surface area contributed by atoms with Gasteiger partial charge in [0.25, 0.3) is 0 Å². The molecule has 0 unspecified atom stereocenters. The quantitative estimate of drug-likeness (QED) is 0.765. The highest BCUT2D eigenvalue weighted by Gasteiger charge is 2.71. The molecule has 5 aliphatic carbocycles. The van der Waals surface area contributed by atoms with Crippen molar-refractivity contribution in [3.63, 3.8) is 0 Å². The van der Waals surface area contributed by atoms with Crippen LogP contribution < -0.4 is 0 Å². The van der Waals surface area contributed by atoms with Crippen LogP contribution in [0.25, 0.3) is 0 Å². The van der Waals surface area contributed by atoms with Crippen molar-refractivity contribution in [3.8, 4) is 0 Å². The van der Waals surface area contributed by atoms with Crippen LogP contribution in [0.15, 0.2) is 0 Å². The van der Waals surface area contributed by atoms with E-state index in [1.54, 1.807) is 0 Å². The maximum absolute atomic E-state index is 12.0. The molecule has 10 atom stereocenters. The third kappa shape index (κ3) is 2.31. The lowest BCUT2D eigenvalue weighted by atomic mass is 9.48. The van der Waals surface area contributed by atoms with Crippen molar-refractivity contribution < 1.29 is 15.0 Å². The van der Waals surface area contributed by atoms with Crippen LogP contribution in [-0.4, -0.2) is 21.8 Å². The van der Waals surface area contributed by atoms with E-state index >= 15 is 0 Å². The Morgan fingerprint density at radius 2 is 1.77 bits per heavy atom. The highest BCUT2D eigenvalue weighted by molar-refractivity contribution is 5.73. The van der Waals surface area contributed by atoms with Gasteiger partial charge in [-0.2, -0.15) is 0 Å². The number of aliphatic hydroxyl groups is 1. The molecular weight excluding hydrogens is 324 g/mol. The minimum atomic E-state index is -0.517. The van der Waals surface area contributed by atoms with E-state index < -0.39 is 11.6 Å². The van der Waals surface area contributed by atoms with Gasteiger partial charge in [-0.3, -0.25) is 4.79 Å². The van der Waals surface area contributed by atoms with Crippen molar-refractivity contribution in [1.29, 1.82) is 0 Å². The van der Waals surface area contributed by atoms with Crippen LogP contribution in [0.4, 0.5) is 0 Å². The van der Waals surface area contributed by atoms with E-state index in [0.29, 0.717) is 17.8 Å². The Morgan fingerprint density at radius 1 is 1.00 bits per heavy atom. The number of fused-ring (bicyclic) bond motifs is 7. The molecule has 0 radical (unpaired) electrons. The van der Waals surface area contributed by atoms with Crippen LogP contribution in [0.2, 0.25) is 0 Å². The molecule has 3 nitrogen and oxygen atoms in total. The van der Waals surface area contributed by atoms with E-state index in [1.165, 1.54) is 32.1 Å². The number of rotatable bonds is 3. The molecule has 0 aliphatic heterocycles. The van der Waals surface area contributed by atoms with Gasteiger partial charge in [-0.25, -0.2) is 0 Å². The monoisotopic (exact) mass is 360 g/mol. The summed E-state index contributed by atoms with van der Waals surface area (Å²) in [6, 6.07) is 0. The maximum Gasteiger partial charge on any atom is 0.307 e. The molecule has 0 heterocycles. The molecule has 26 heavy (non-hydrogen) atoms. The summed E-state index contributed by atoms with van der Waals surface area (Å²) in [6.07, 6.45) is 11.4. The number of carboxylic acids is 1. The van der Waals surface area contributed by atoms with Crippen LogP contribution in [0, 0.1) is 52.8 Å². The predicted molar refractivity (Wildman–Crippen MR) is 100 cm³/mol. The third-order valence-corrected chi connectivity index (χ3v) is 9.87. The second-order valence-corrected chi connectivity index (χ2v) is 11.0. The van der Waals surface area contributed by atoms with Gasteiger partial charge >= 0.3 is 5.97 Å². The zero-order valence-electron chi connectivity index (χ0n) is 16.5.